The molecule has 1 spiro atoms. The van der Waals surface area contributed by atoms with Crippen molar-refractivity contribution < 1.29 is 28.5 Å². The van der Waals surface area contributed by atoms with Crippen LogP contribution < -0.4 is 19.5 Å². The molecule has 172 valence electrons. The first kappa shape index (κ1) is 20.4. The summed E-state index contributed by atoms with van der Waals surface area (Å²) in [5.41, 5.74) is 2.66. The Balaban J connectivity index is 1.27. The van der Waals surface area contributed by atoms with Crippen LogP contribution in [0.2, 0.25) is 0 Å². The Morgan fingerprint density at radius 3 is 2.73 bits per heavy atom. The maximum atomic E-state index is 13.0. The number of carbonyl (C=O) groups excluding carboxylic acids is 1. The minimum absolute atomic E-state index is 0.213. The molecule has 0 radical (unpaired) electrons. The first-order valence-corrected chi connectivity index (χ1v) is 11.6. The van der Waals surface area contributed by atoms with Gasteiger partial charge in [0.15, 0.2) is 17.3 Å². The van der Waals surface area contributed by atoms with E-state index >= 15 is 0 Å². The number of fused-ring (bicyclic) bond motifs is 4. The molecule has 6 rings (SSSR count). The van der Waals surface area contributed by atoms with Crippen molar-refractivity contribution in [2.45, 2.75) is 63.7 Å². The third-order valence-corrected chi connectivity index (χ3v) is 7.18. The van der Waals surface area contributed by atoms with Crippen LogP contribution in [0.25, 0.3) is 11.0 Å². The number of aliphatic hydroxyl groups excluding tert-OH is 1. The molecule has 7 nitrogen and oxygen atoms in total. The van der Waals surface area contributed by atoms with Gasteiger partial charge < -0.3 is 29.1 Å². The van der Waals surface area contributed by atoms with Gasteiger partial charge in [0.05, 0.1) is 6.10 Å². The average molecular weight is 450 g/mol. The fourth-order valence-electron chi connectivity index (χ4n) is 5.53. The zero-order chi connectivity index (χ0) is 22.6. The van der Waals surface area contributed by atoms with Gasteiger partial charge in [0.2, 0.25) is 6.79 Å². The molecule has 1 atom stereocenters. The van der Waals surface area contributed by atoms with Crippen molar-refractivity contribution in [2.75, 3.05) is 6.79 Å². The Morgan fingerprint density at radius 1 is 1.09 bits per heavy atom. The number of ether oxygens (including phenoxy) is 3. The number of hydrogen-bond acceptors (Lipinski definition) is 6. The Labute approximate surface area is 191 Å². The summed E-state index contributed by atoms with van der Waals surface area (Å²) < 4.78 is 23.2. The molecular formula is C26H27NO6. The highest BCUT2D eigenvalue weighted by Crippen LogP contribution is 2.49. The Kier molecular flexibility index (Phi) is 4.76. The van der Waals surface area contributed by atoms with Gasteiger partial charge in [0, 0.05) is 29.5 Å². The summed E-state index contributed by atoms with van der Waals surface area (Å²) >= 11 is 0. The molecule has 1 saturated carbocycles. The zero-order valence-corrected chi connectivity index (χ0v) is 18.6. The lowest BCUT2D eigenvalue weighted by Gasteiger charge is -2.43. The van der Waals surface area contributed by atoms with Crippen molar-refractivity contribution in [3.05, 3.63) is 52.8 Å². The number of aryl methyl sites for hydroxylation is 1. The predicted octanol–water partition coefficient (Wildman–Crippen LogP) is 4.92. The summed E-state index contributed by atoms with van der Waals surface area (Å²) in [6, 6.07) is 9.30. The Bertz CT molecular complexity index is 1240. The molecular weight excluding hydrogens is 422 g/mol. The molecule has 2 N–H and O–H groups in total. The van der Waals surface area contributed by atoms with Crippen LogP contribution in [0.15, 0.2) is 34.7 Å². The fourth-order valence-corrected chi connectivity index (χ4v) is 5.53. The second kappa shape index (κ2) is 7.70. The van der Waals surface area contributed by atoms with E-state index in [-0.39, 0.29) is 24.1 Å². The molecule has 2 aliphatic heterocycles. The fraction of sp³-hybridized carbons (Fsp3) is 0.423. The molecule has 33 heavy (non-hydrogen) atoms. The highest BCUT2D eigenvalue weighted by Gasteiger charge is 2.42. The maximum Gasteiger partial charge on any atom is 0.287 e. The lowest BCUT2D eigenvalue weighted by atomic mass is 9.77. The van der Waals surface area contributed by atoms with Crippen molar-refractivity contribution in [2.24, 2.45) is 0 Å². The summed E-state index contributed by atoms with van der Waals surface area (Å²) in [4.78, 5) is 13.0. The van der Waals surface area contributed by atoms with Gasteiger partial charge in [-0.25, -0.2) is 0 Å². The van der Waals surface area contributed by atoms with Crippen molar-refractivity contribution in [1.29, 1.82) is 0 Å². The van der Waals surface area contributed by atoms with E-state index in [0.717, 1.165) is 42.2 Å². The van der Waals surface area contributed by atoms with E-state index in [1.165, 1.54) is 6.42 Å². The number of amides is 1. The van der Waals surface area contributed by atoms with E-state index in [4.69, 9.17) is 18.6 Å². The monoisotopic (exact) mass is 449 g/mol. The molecule has 0 saturated heterocycles. The van der Waals surface area contributed by atoms with Crippen LogP contribution in [0.4, 0.5) is 0 Å². The molecule has 1 fully saturated rings. The van der Waals surface area contributed by atoms with Crippen molar-refractivity contribution in [3.63, 3.8) is 0 Å². The summed E-state index contributed by atoms with van der Waals surface area (Å²) in [5, 5.41) is 14.8. The second-order valence-electron chi connectivity index (χ2n) is 9.34. The molecule has 2 aromatic carbocycles. The lowest BCUT2D eigenvalue weighted by Crippen LogP contribution is -2.42. The third kappa shape index (κ3) is 3.42. The van der Waals surface area contributed by atoms with Crippen LogP contribution in [0.1, 0.15) is 71.9 Å². The van der Waals surface area contributed by atoms with E-state index in [0.29, 0.717) is 41.4 Å². The molecule has 3 aromatic rings. The van der Waals surface area contributed by atoms with E-state index in [1.54, 1.807) is 0 Å². The largest absolute Gasteiger partial charge is 0.487 e. The average Bonchev–Trinajstić information content (AvgIpc) is 3.42. The standard InChI is InChI=1S/C26H27NO6/c1-15-22-19(7-8-20-23(22)17(28)12-26(33-20)9-3-2-4-10-26)32-24(15)25(29)27-13-16-5-6-18-21(11-16)31-14-30-18/h5-8,11,17,28H,2-4,9-10,12-14H2,1H3,(H,27,29). The quantitative estimate of drug-likeness (QED) is 0.590. The van der Waals surface area contributed by atoms with Crippen LogP contribution in [0, 0.1) is 6.92 Å². The molecule has 1 aliphatic carbocycles. The van der Waals surface area contributed by atoms with Crippen molar-refractivity contribution in [1.82, 2.24) is 5.32 Å². The minimum Gasteiger partial charge on any atom is -0.487 e. The topological polar surface area (TPSA) is 90.2 Å². The van der Waals surface area contributed by atoms with Gasteiger partial charge in [-0.05, 0) is 62.4 Å². The van der Waals surface area contributed by atoms with Crippen LogP contribution in [0.5, 0.6) is 17.2 Å². The minimum atomic E-state index is -0.642. The van der Waals surface area contributed by atoms with Crippen LogP contribution in [-0.2, 0) is 6.54 Å². The predicted molar refractivity (Wildman–Crippen MR) is 121 cm³/mol. The lowest BCUT2D eigenvalue weighted by molar-refractivity contribution is -0.0373. The normalized spacial score (nSPS) is 20.5. The van der Waals surface area contributed by atoms with Gasteiger partial charge in [-0.15, -0.1) is 0 Å². The number of nitrogens with one attached hydrogen (secondary N) is 1. The number of benzene rings is 2. The van der Waals surface area contributed by atoms with E-state index in [2.05, 4.69) is 5.32 Å². The highest BCUT2D eigenvalue weighted by atomic mass is 16.7. The number of rotatable bonds is 3. The van der Waals surface area contributed by atoms with E-state index < -0.39 is 6.10 Å². The third-order valence-electron chi connectivity index (χ3n) is 7.18. The highest BCUT2D eigenvalue weighted by molar-refractivity contribution is 6.00. The van der Waals surface area contributed by atoms with Crippen LogP contribution >= 0.6 is 0 Å². The molecule has 1 amide bonds. The molecule has 1 unspecified atom stereocenters. The number of furan rings is 1. The molecule has 0 bridgehead atoms. The molecule has 3 aliphatic rings. The van der Waals surface area contributed by atoms with Gasteiger partial charge >= 0.3 is 0 Å². The molecule has 7 heteroatoms. The summed E-state index contributed by atoms with van der Waals surface area (Å²) in [7, 11) is 0. The second-order valence-corrected chi connectivity index (χ2v) is 9.34. The summed E-state index contributed by atoms with van der Waals surface area (Å²) in [5.74, 6) is 2.05. The first-order chi connectivity index (χ1) is 16.0. The summed E-state index contributed by atoms with van der Waals surface area (Å²) in [6.07, 6.45) is 5.36. The molecule has 1 aromatic heterocycles. The Morgan fingerprint density at radius 2 is 1.88 bits per heavy atom. The summed E-state index contributed by atoms with van der Waals surface area (Å²) in [6.45, 7) is 2.40. The number of hydrogen-bond donors (Lipinski definition) is 2. The van der Waals surface area contributed by atoms with E-state index in [9.17, 15) is 9.90 Å². The maximum absolute atomic E-state index is 13.0. The first-order valence-electron chi connectivity index (χ1n) is 11.6. The Hall–Kier alpha value is -3.19. The zero-order valence-electron chi connectivity index (χ0n) is 18.6. The number of carbonyl (C=O) groups is 1. The van der Waals surface area contributed by atoms with Crippen LogP contribution in [0.3, 0.4) is 0 Å². The van der Waals surface area contributed by atoms with E-state index in [1.807, 2.05) is 37.3 Å². The molecule has 3 heterocycles. The van der Waals surface area contributed by atoms with Crippen LogP contribution in [-0.4, -0.2) is 23.4 Å². The SMILES string of the molecule is Cc1c(C(=O)NCc2ccc3c(c2)OCO3)oc2ccc3c(c12)C(O)CC1(CCCCC1)O3. The van der Waals surface area contributed by atoms with Crippen molar-refractivity contribution in [3.8, 4) is 17.2 Å². The van der Waals surface area contributed by atoms with Gasteiger partial charge in [0.25, 0.3) is 5.91 Å². The van der Waals surface area contributed by atoms with Gasteiger partial charge in [-0.1, -0.05) is 12.5 Å². The van der Waals surface area contributed by atoms with Crippen molar-refractivity contribution >= 4 is 16.9 Å². The number of aliphatic hydroxyl groups is 1. The van der Waals surface area contributed by atoms with Gasteiger partial charge in [-0.3, -0.25) is 4.79 Å². The smallest absolute Gasteiger partial charge is 0.287 e. The van der Waals surface area contributed by atoms with Gasteiger partial charge in [-0.2, -0.15) is 0 Å². The van der Waals surface area contributed by atoms with Gasteiger partial charge in [0.1, 0.15) is 16.9 Å².